The maximum atomic E-state index is 12.9. The third-order valence-electron chi connectivity index (χ3n) is 4.54. The number of fused-ring (bicyclic) bond motifs is 1. The molecule has 0 aliphatic carbocycles. The van der Waals surface area contributed by atoms with Gasteiger partial charge in [-0.2, -0.15) is 5.10 Å². The van der Waals surface area contributed by atoms with E-state index in [1.165, 1.54) is 4.68 Å². The molecule has 0 saturated heterocycles. The third-order valence-corrected chi connectivity index (χ3v) is 4.54. The fourth-order valence-corrected chi connectivity index (χ4v) is 3.04. The fourth-order valence-electron chi connectivity index (χ4n) is 3.04. The zero-order valence-electron chi connectivity index (χ0n) is 15.7. The van der Waals surface area contributed by atoms with Gasteiger partial charge < -0.3 is 5.32 Å². The van der Waals surface area contributed by atoms with Crippen LogP contribution < -0.4 is 10.9 Å². The van der Waals surface area contributed by atoms with Gasteiger partial charge in [0.1, 0.15) is 0 Å². The normalized spacial score (nSPS) is 12.1. The molecule has 3 rings (SSSR count). The van der Waals surface area contributed by atoms with Crippen LogP contribution in [0.5, 0.6) is 0 Å². The second kappa shape index (κ2) is 8.58. The Bertz CT molecular complexity index is 982. The number of pyridine rings is 1. The largest absolute Gasteiger partial charge is 0.343 e. The Morgan fingerprint density at radius 2 is 1.85 bits per heavy atom. The number of aromatic nitrogens is 3. The molecule has 6 heteroatoms. The number of carbonyl (C=O) groups is 1. The predicted molar refractivity (Wildman–Crippen MR) is 106 cm³/mol. The molecule has 2 heterocycles. The SMILES string of the molecule is CCCCCn1nc(C(=O)NC(C)c2ccccn2)c2ccccc2c1=O. The number of rotatable bonds is 7. The average Bonchev–Trinajstić information content (AvgIpc) is 2.70. The summed E-state index contributed by atoms with van der Waals surface area (Å²) in [6.07, 6.45) is 4.61. The van der Waals surface area contributed by atoms with E-state index in [4.69, 9.17) is 0 Å². The number of hydrogen-bond donors (Lipinski definition) is 1. The molecular weight excluding hydrogens is 340 g/mol. The Morgan fingerprint density at radius 1 is 1.11 bits per heavy atom. The van der Waals surface area contributed by atoms with Gasteiger partial charge in [0.25, 0.3) is 11.5 Å². The first-order valence-corrected chi connectivity index (χ1v) is 9.33. The van der Waals surface area contributed by atoms with Crippen LogP contribution in [0.3, 0.4) is 0 Å². The minimum absolute atomic E-state index is 0.156. The Morgan fingerprint density at radius 3 is 2.56 bits per heavy atom. The maximum Gasteiger partial charge on any atom is 0.274 e. The molecule has 0 bridgehead atoms. The second-order valence-corrected chi connectivity index (χ2v) is 6.58. The lowest BCUT2D eigenvalue weighted by Gasteiger charge is -2.15. The van der Waals surface area contributed by atoms with E-state index in [1.807, 2.05) is 31.2 Å². The molecule has 27 heavy (non-hydrogen) atoms. The fraction of sp³-hybridized carbons (Fsp3) is 0.333. The Labute approximate surface area is 158 Å². The van der Waals surface area contributed by atoms with E-state index >= 15 is 0 Å². The van der Waals surface area contributed by atoms with Crippen LogP contribution in [-0.4, -0.2) is 20.7 Å². The van der Waals surface area contributed by atoms with Gasteiger partial charge in [0.15, 0.2) is 5.69 Å². The number of hydrogen-bond acceptors (Lipinski definition) is 4. The van der Waals surface area contributed by atoms with E-state index in [-0.39, 0.29) is 23.2 Å². The van der Waals surface area contributed by atoms with Gasteiger partial charge in [0.2, 0.25) is 0 Å². The summed E-state index contributed by atoms with van der Waals surface area (Å²) in [6.45, 7) is 4.49. The van der Waals surface area contributed by atoms with E-state index < -0.39 is 0 Å². The summed E-state index contributed by atoms with van der Waals surface area (Å²) in [7, 11) is 0. The number of nitrogens with zero attached hydrogens (tertiary/aromatic N) is 3. The van der Waals surface area contributed by atoms with Crippen molar-refractivity contribution in [2.45, 2.75) is 45.7 Å². The lowest BCUT2D eigenvalue weighted by molar-refractivity contribution is 0.0933. The molecule has 1 amide bonds. The highest BCUT2D eigenvalue weighted by Gasteiger charge is 2.19. The second-order valence-electron chi connectivity index (χ2n) is 6.58. The molecule has 1 aromatic carbocycles. The summed E-state index contributed by atoms with van der Waals surface area (Å²) in [6, 6.07) is 12.4. The zero-order chi connectivity index (χ0) is 19.2. The first-order chi connectivity index (χ1) is 13.1. The summed E-state index contributed by atoms with van der Waals surface area (Å²) in [4.78, 5) is 29.9. The minimum Gasteiger partial charge on any atom is -0.343 e. The molecule has 3 aromatic rings. The predicted octanol–water partition coefficient (Wildman–Crippen LogP) is 3.47. The van der Waals surface area contributed by atoms with Crippen molar-refractivity contribution in [1.29, 1.82) is 0 Å². The molecule has 2 aromatic heterocycles. The van der Waals surface area contributed by atoms with Crippen molar-refractivity contribution in [2.24, 2.45) is 0 Å². The Hall–Kier alpha value is -3.02. The molecule has 0 aliphatic heterocycles. The van der Waals surface area contributed by atoms with Gasteiger partial charge in [-0.15, -0.1) is 0 Å². The number of unbranched alkanes of at least 4 members (excludes halogenated alkanes) is 2. The van der Waals surface area contributed by atoms with Gasteiger partial charge in [-0.25, -0.2) is 4.68 Å². The molecular formula is C21H24N4O2. The van der Waals surface area contributed by atoms with E-state index in [9.17, 15) is 9.59 Å². The van der Waals surface area contributed by atoms with Crippen LogP contribution in [0.25, 0.3) is 10.8 Å². The van der Waals surface area contributed by atoms with Crippen LogP contribution in [0.15, 0.2) is 53.5 Å². The van der Waals surface area contributed by atoms with E-state index in [0.29, 0.717) is 17.3 Å². The van der Waals surface area contributed by atoms with Crippen LogP contribution in [-0.2, 0) is 6.54 Å². The third kappa shape index (κ3) is 4.22. The highest BCUT2D eigenvalue weighted by atomic mass is 16.2. The zero-order valence-corrected chi connectivity index (χ0v) is 15.7. The van der Waals surface area contributed by atoms with Crippen molar-refractivity contribution < 1.29 is 4.79 Å². The number of carbonyl (C=O) groups excluding carboxylic acids is 1. The molecule has 1 unspecified atom stereocenters. The van der Waals surface area contributed by atoms with Gasteiger partial charge in [-0.1, -0.05) is 44.0 Å². The van der Waals surface area contributed by atoms with Crippen molar-refractivity contribution in [3.8, 4) is 0 Å². The van der Waals surface area contributed by atoms with Crippen LogP contribution in [0.2, 0.25) is 0 Å². The maximum absolute atomic E-state index is 12.9. The van der Waals surface area contributed by atoms with Crippen LogP contribution in [0.4, 0.5) is 0 Å². The highest BCUT2D eigenvalue weighted by Crippen LogP contribution is 2.15. The molecule has 0 saturated carbocycles. The number of benzene rings is 1. The smallest absolute Gasteiger partial charge is 0.274 e. The van der Waals surface area contributed by atoms with Gasteiger partial charge in [0.05, 0.1) is 17.1 Å². The van der Waals surface area contributed by atoms with E-state index in [2.05, 4.69) is 22.3 Å². The van der Waals surface area contributed by atoms with Gasteiger partial charge in [-0.05, 0) is 31.5 Å². The standard InChI is InChI=1S/C21H24N4O2/c1-3-4-9-14-25-21(27)17-11-6-5-10-16(17)19(24-25)20(26)23-15(2)18-12-7-8-13-22-18/h5-8,10-13,15H,3-4,9,14H2,1-2H3,(H,23,26). The summed E-state index contributed by atoms with van der Waals surface area (Å²) in [5, 5.41) is 8.41. The molecule has 140 valence electrons. The highest BCUT2D eigenvalue weighted by molar-refractivity contribution is 6.04. The van der Waals surface area contributed by atoms with Crippen molar-refractivity contribution >= 4 is 16.7 Å². The molecule has 1 N–H and O–H groups in total. The lowest BCUT2D eigenvalue weighted by Crippen LogP contribution is -2.32. The molecule has 6 nitrogen and oxygen atoms in total. The number of amides is 1. The number of nitrogens with one attached hydrogen (secondary N) is 1. The topological polar surface area (TPSA) is 76.9 Å². The first-order valence-electron chi connectivity index (χ1n) is 9.33. The first kappa shape index (κ1) is 18.8. The summed E-state index contributed by atoms with van der Waals surface area (Å²) >= 11 is 0. The lowest BCUT2D eigenvalue weighted by atomic mass is 10.1. The van der Waals surface area contributed by atoms with Crippen molar-refractivity contribution in [3.05, 3.63) is 70.4 Å². The van der Waals surface area contributed by atoms with Crippen LogP contribution >= 0.6 is 0 Å². The van der Waals surface area contributed by atoms with Gasteiger partial charge in [-0.3, -0.25) is 14.6 Å². The quantitative estimate of drug-likeness (QED) is 0.651. The molecule has 1 atom stereocenters. The molecule has 0 radical (unpaired) electrons. The molecule has 0 aliphatic rings. The van der Waals surface area contributed by atoms with E-state index in [1.54, 1.807) is 24.4 Å². The van der Waals surface area contributed by atoms with Gasteiger partial charge in [0, 0.05) is 18.1 Å². The summed E-state index contributed by atoms with van der Waals surface area (Å²) in [5.74, 6) is -0.311. The minimum atomic E-state index is -0.311. The van der Waals surface area contributed by atoms with Gasteiger partial charge >= 0.3 is 0 Å². The number of aryl methyl sites for hydroxylation is 1. The molecule has 0 fully saturated rings. The molecule has 0 spiro atoms. The Balaban J connectivity index is 1.95. The van der Waals surface area contributed by atoms with Crippen molar-refractivity contribution in [2.75, 3.05) is 0 Å². The van der Waals surface area contributed by atoms with E-state index in [0.717, 1.165) is 25.0 Å². The summed E-state index contributed by atoms with van der Waals surface area (Å²) < 4.78 is 1.42. The van der Waals surface area contributed by atoms with Crippen LogP contribution in [0, 0.1) is 0 Å². The monoisotopic (exact) mass is 364 g/mol. The summed E-state index contributed by atoms with van der Waals surface area (Å²) in [5.41, 5.74) is 0.881. The van der Waals surface area contributed by atoms with Crippen molar-refractivity contribution in [1.82, 2.24) is 20.1 Å². The van der Waals surface area contributed by atoms with Crippen LogP contribution in [0.1, 0.15) is 55.3 Å². The Kier molecular flexibility index (Phi) is 5.96. The van der Waals surface area contributed by atoms with Crippen molar-refractivity contribution in [3.63, 3.8) is 0 Å². The average molecular weight is 364 g/mol.